The summed E-state index contributed by atoms with van der Waals surface area (Å²) in [6.45, 7) is 3.77. The maximum Gasteiger partial charge on any atom is 0.280 e. The van der Waals surface area contributed by atoms with E-state index in [4.69, 9.17) is 17.3 Å². The van der Waals surface area contributed by atoms with Crippen LogP contribution in [0.3, 0.4) is 0 Å². The molecule has 1 amide bonds. The number of aliphatic imine (C=N–C) groups is 1. The van der Waals surface area contributed by atoms with Crippen molar-refractivity contribution in [3.63, 3.8) is 0 Å². The minimum absolute atomic E-state index is 0.00780. The zero-order valence-corrected chi connectivity index (χ0v) is 19.0. The van der Waals surface area contributed by atoms with Crippen LogP contribution in [0.4, 0.5) is 11.6 Å². The summed E-state index contributed by atoms with van der Waals surface area (Å²) >= 11 is 5.95. The van der Waals surface area contributed by atoms with Crippen molar-refractivity contribution in [3.05, 3.63) is 46.7 Å². The van der Waals surface area contributed by atoms with Gasteiger partial charge in [0.2, 0.25) is 0 Å². The molecule has 0 bridgehead atoms. The first kappa shape index (κ1) is 22.3. The number of carbonyl (C=O) groups is 1. The first-order valence-electron chi connectivity index (χ1n) is 10.9. The second kappa shape index (κ2) is 9.70. The van der Waals surface area contributed by atoms with Crippen molar-refractivity contribution in [2.75, 3.05) is 44.3 Å². The van der Waals surface area contributed by atoms with Crippen LogP contribution in [-0.4, -0.2) is 65.5 Å². The summed E-state index contributed by atoms with van der Waals surface area (Å²) in [6, 6.07) is 10.6. The standard InChI is InChI=1S/C22H29ClN8O/c1-25-19-16(27-17(23)18(24)28-19)20(32)29-21-26-14-22(30-21)9-12-31(13-10-22)11-5-8-15-6-3-2-4-7-15/h2-4,6-7H,5,8-14H2,1H3,(H3,24,25,28)(H2,26,29,30,32). The fourth-order valence-electron chi connectivity index (χ4n) is 4.20. The summed E-state index contributed by atoms with van der Waals surface area (Å²) in [5, 5.41) is 9.05. The van der Waals surface area contributed by atoms with Gasteiger partial charge in [-0.2, -0.15) is 0 Å². The van der Waals surface area contributed by atoms with Crippen molar-refractivity contribution in [3.8, 4) is 0 Å². The fraction of sp³-hybridized carbons (Fsp3) is 0.455. The van der Waals surface area contributed by atoms with Gasteiger partial charge in [-0.15, -0.1) is 0 Å². The molecule has 2 aromatic rings. The van der Waals surface area contributed by atoms with Gasteiger partial charge in [-0.3, -0.25) is 15.1 Å². The molecule has 3 heterocycles. The number of nitrogens with zero attached hydrogens (tertiary/aromatic N) is 4. The van der Waals surface area contributed by atoms with E-state index >= 15 is 0 Å². The molecule has 9 nitrogen and oxygen atoms in total. The normalized spacial score (nSPS) is 17.6. The number of hydrogen-bond acceptors (Lipinski definition) is 8. The Kier molecular flexibility index (Phi) is 6.76. The highest BCUT2D eigenvalue weighted by Gasteiger charge is 2.39. The van der Waals surface area contributed by atoms with Gasteiger partial charge in [-0.1, -0.05) is 41.9 Å². The third kappa shape index (κ3) is 5.11. The van der Waals surface area contributed by atoms with Gasteiger partial charge >= 0.3 is 0 Å². The monoisotopic (exact) mass is 456 g/mol. The number of carbonyl (C=O) groups excluding carboxylic acids is 1. The number of anilines is 2. The molecule has 1 spiro atoms. The quantitative estimate of drug-likeness (QED) is 0.524. The number of hydrogen-bond donors (Lipinski definition) is 4. The zero-order chi connectivity index (χ0) is 22.6. The Morgan fingerprint density at radius 2 is 2.00 bits per heavy atom. The van der Waals surface area contributed by atoms with Gasteiger partial charge in [-0.25, -0.2) is 9.97 Å². The van der Waals surface area contributed by atoms with Gasteiger partial charge in [0.25, 0.3) is 5.91 Å². The van der Waals surface area contributed by atoms with E-state index in [1.165, 1.54) is 5.56 Å². The summed E-state index contributed by atoms with van der Waals surface area (Å²) in [6.07, 6.45) is 4.22. The molecular weight excluding hydrogens is 428 g/mol. The molecule has 170 valence electrons. The molecule has 2 aliphatic rings. The molecule has 0 unspecified atom stereocenters. The molecule has 0 aliphatic carbocycles. The number of piperidine rings is 1. The molecular formula is C22H29ClN8O. The molecule has 0 atom stereocenters. The number of benzene rings is 1. The maximum atomic E-state index is 12.7. The Bertz CT molecular complexity index is 989. The summed E-state index contributed by atoms with van der Waals surface area (Å²) in [7, 11) is 1.64. The number of halogens is 1. The van der Waals surface area contributed by atoms with E-state index in [0.29, 0.717) is 12.5 Å². The summed E-state index contributed by atoms with van der Waals surface area (Å²) in [4.78, 5) is 27.9. The van der Waals surface area contributed by atoms with E-state index in [2.05, 4.69) is 66.1 Å². The summed E-state index contributed by atoms with van der Waals surface area (Å²) in [5.41, 5.74) is 7.04. The molecule has 10 heteroatoms. The number of likely N-dealkylation sites (tertiary alicyclic amines) is 1. The second-order valence-electron chi connectivity index (χ2n) is 8.30. The van der Waals surface area contributed by atoms with Crippen LogP contribution in [-0.2, 0) is 6.42 Å². The summed E-state index contributed by atoms with van der Waals surface area (Å²) < 4.78 is 0. The highest BCUT2D eigenvalue weighted by atomic mass is 35.5. The van der Waals surface area contributed by atoms with Gasteiger partial charge in [-0.05, 0) is 37.8 Å². The van der Waals surface area contributed by atoms with Crippen LogP contribution in [0.2, 0.25) is 5.15 Å². The number of nitrogens with one attached hydrogen (secondary N) is 3. The van der Waals surface area contributed by atoms with Gasteiger partial charge in [0.15, 0.2) is 28.4 Å². The molecule has 1 fully saturated rings. The Morgan fingerprint density at radius 3 is 2.72 bits per heavy atom. The van der Waals surface area contributed by atoms with Crippen LogP contribution in [0, 0.1) is 0 Å². The number of aromatic nitrogens is 2. The number of guanidine groups is 1. The molecule has 1 saturated heterocycles. The van der Waals surface area contributed by atoms with Gasteiger partial charge < -0.3 is 21.3 Å². The molecule has 2 aliphatic heterocycles. The van der Waals surface area contributed by atoms with E-state index < -0.39 is 5.91 Å². The average Bonchev–Trinajstić information content (AvgIpc) is 3.19. The van der Waals surface area contributed by atoms with Crippen molar-refractivity contribution in [1.82, 2.24) is 25.5 Å². The molecule has 0 radical (unpaired) electrons. The van der Waals surface area contributed by atoms with Crippen LogP contribution in [0.15, 0.2) is 35.3 Å². The van der Waals surface area contributed by atoms with Crippen LogP contribution in [0.25, 0.3) is 0 Å². The molecule has 1 aromatic carbocycles. The van der Waals surface area contributed by atoms with E-state index in [1.54, 1.807) is 7.05 Å². The van der Waals surface area contributed by atoms with Gasteiger partial charge in [0.05, 0.1) is 12.1 Å². The smallest absolute Gasteiger partial charge is 0.280 e. The van der Waals surface area contributed by atoms with Crippen molar-refractivity contribution >= 4 is 35.1 Å². The van der Waals surface area contributed by atoms with E-state index in [-0.39, 0.29) is 28.0 Å². The predicted octanol–water partition coefficient (Wildman–Crippen LogP) is 1.91. The van der Waals surface area contributed by atoms with Crippen molar-refractivity contribution in [2.45, 2.75) is 31.2 Å². The number of amides is 1. The molecule has 1 aromatic heterocycles. The van der Waals surface area contributed by atoms with Gasteiger partial charge in [0, 0.05) is 20.1 Å². The lowest BCUT2D eigenvalue weighted by atomic mass is 9.88. The molecule has 0 saturated carbocycles. The topological polar surface area (TPSA) is 121 Å². The predicted molar refractivity (Wildman–Crippen MR) is 127 cm³/mol. The number of nitrogen functional groups attached to an aromatic ring is 1. The molecule has 5 N–H and O–H groups in total. The van der Waals surface area contributed by atoms with Crippen LogP contribution in [0.5, 0.6) is 0 Å². The van der Waals surface area contributed by atoms with Crippen molar-refractivity contribution in [2.24, 2.45) is 4.99 Å². The van der Waals surface area contributed by atoms with E-state index in [0.717, 1.165) is 45.3 Å². The van der Waals surface area contributed by atoms with E-state index in [9.17, 15) is 4.79 Å². The van der Waals surface area contributed by atoms with Crippen LogP contribution >= 0.6 is 11.6 Å². The van der Waals surface area contributed by atoms with Crippen LogP contribution in [0.1, 0.15) is 35.3 Å². The highest BCUT2D eigenvalue weighted by molar-refractivity contribution is 6.31. The maximum absolute atomic E-state index is 12.7. The largest absolute Gasteiger partial charge is 0.381 e. The first-order valence-corrected chi connectivity index (χ1v) is 11.3. The third-order valence-corrected chi connectivity index (χ3v) is 6.36. The van der Waals surface area contributed by atoms with Gasteiger partial charge in [0.1, 0.15) is 0 Å². The molecule has 4 rings (SSSR count). The van der Waals surface area contributed by atoms with Crippen LogP contribution < -0.4 is 21.7 Å². The SMILES string of the molecule is CNc1nc(N)c(Cl)nc1C(=O)NC1=NCC2(CCN(CCCc3ccccc3)CC2)N1. The Balaban J connectivity index is 1.26. The fourth-order valence-corrected chi connectivity index (χ4v) is 4.32. The van der Waals surface area contributed by atoms with Crippen molar-refractivity contribution < 1.29 is 4.79 Å². The molecule has 32 heavy (non-hydrogen) atoms. The number of aryl methyl sites for hydroxylation is 1. The lowest BCUT2D eigenvalue weighted by Gasteiger charge is -2.39. The Morgan fingerprint density at radius 1 is 1.25 bits per heavy atom. The minimum Gasteiger partial charge on any atom is -0.381 e. The number of nitrogens with two attached hydrogens (primary N) is 1. The minimum atomic E-state index is -0.439. The first-order chi connectivity index (χ1) is 15.5. The van der Waals surface area contributed by atoms with Crippen molar-refractivity contribution in [1.29, 1.82) is 0 Å². The third-order valence-electron chi connectivity index (χ3n) is 6.08. The highest BCUT2D eigenvalue weighted by Crippen LogP contribution is 2.26. The zero-order valence-electron chi connectivity index (χ0n) is 18.2. The van der Waals surface area contributed by atoms with E-state index in [1.807, 2.05) is 0 Å². The second-order valence-corrected chi connectivity index (χ2v) is 8.66. The lowest BCUT2D eigenvalue weighted by Crippen LogP contribution is -2.56. The Labute approximate surface area is 192 Å². The summed E-state index contributed by atoms with van der Waals surface area (Å²) in [5.74, 6) is 0.356. The average molecular weight is 457 g/mol. The lowest BCUT2D eigenvalue weighted by molar-refractivity contribution is 0.0970. The Hall–Kier alpha value is -2.91. The number of rotatable bonds is 6.